The first kappa shape index (κ1) is 15.2. The average Bonchev–Trinajstić information content (AvgIpc) is 2.46. The van der Waals surface area contributed by atoms with Crippen molar-refractivity contribution >= 4 is 17.3 Å². The first-order chi connectivity index (χ1) is 9.99. The largest absolute Gasteiger partial charge is 0.477 e. The number of benzene rings is 1. The van der Waals surface area contributed by atoms with Crippen LogP contribution in [0.4, 0.5) is 15.8 Å². The number of nitrogens with zero attached hydrogens (tertiary/aromatic N) is 1. The van der Waals surface area contributed by atoms with E-state index in [2.05, 4.69) is 5.32 Å². The van der Waals surface area contributed by atoms with Gasteiger partial charge in [-0.1, -0.05) is 19.3 Å². The lowest BCUT2D eigenvalue weighted by Gasteiger charge is -2.22. The Hall–Kier alpha value is -2.18. The minimum Gasteiger partial charge on any atom is -0.477 e. The van der Waals surface area contributed by atoms with Crippen molar-refractivity contribution in [3.8, 4) is 0 Å². The molecular weight excluding hydrogens is 279 g/mol. The van der Waals surface area contributed by atoms with Crippen molar-refractivity contribution < 1.29 is 19.2 Å². The Morgan fingerprint density at radius 3 is 2.62 bits per heavy atom. The van der Waals surface area contributed by atoms with Crippen LogP contribution in [-0.2, 0) is 0 Å². The van der Waals surface area contributed by atoms with Crippen molar-refractivity contribution in [1.29, 1.82) is 0 Å². The summed E-state index contributed by atoms with van der Waals surface area (Å²) in [6.45, 7) is 0.549. The molecule has 7 heteroatoms. The van der Waals surface area contributed by atoms with Crippen LogP contribution in [0, 0.1) is 21.8 Å². The Balaban J connectivity index is 2.17. The fourth-order valence-electron chi connectivity index (χ4n) is 2.67. The third-order valence-corrected chi connectivity index (χ3v) is 3.82. The van der Waals surface area contributed by atoms with Gasteiger partial charge in [-0.15, -0.1) is 0 Å². The summed E-state index contributed by atoms with van der Waals surface area (Å²) >= 11 is 0. The third-order valence-electron chi connectivity index (χ3n) is 3.82. The van der Waals surface area contributed by atoms with E-state index in [0.717, 1.165) is 31.7 Å². The van der Waals surface area contributed by atoms with E-state index < -0.39 is 28.0 Å². The van der Waals surface area contributed by atoms with Crippen LogP contribution in [0.5, 0.6) is 0 Å². The first-order valence-electron chi connectivity index (χ1n) is 6.94. The molecule has 0 bridgehead atoms. The molecule has 0 aliphatic heterocycles. The molecule has 1 aliphatic carbocycles. The molecule has 6 nitrogen and oxygen atoms in total. The van der Waals surface area contributed by atoms with Gasteiger partial charge >= 0.3 is 5.97 Å². The molecular formula is C14H17FN2O4. The van der Waals surface area contributed by atoms with Crippen LogP contribution in [0.1, 0.15) is 42.5 Å². The maximum absolute atomic E-state index is 13.8. The number of halogens is 1. The van der Waals surface area contributed by atoms with Gasteiger partial charge in [0.15, 0.2) is 5.82 Å². The molecule has 0 unspecified atom stereocenters. The van der Waals surface area contributed by atoms with Crippen LogP contribution in [-0.4, -0.2) is 22.5 Å². The van der Waals surface area contributed by atoms with Crippen LogP contribution in [0.3, 0.4) is 0 Å². The lowest BCUT2D eigenvalue weighted by atomic mass is 9.89. The Morgan fingerprint density at radius 1 is 1.38 bits per heavy atom. The highest BCUT2D eigenvalue weighted by atomic mass is 19.1. The van der Waals surface area contributed by atoms with Gasteiger partial charge in [-0.2, -0.15) is 0 Å². The number of carboxylic acids is 1. The predicted molar refractivity (Wildman–Crippen MR) is 75.1 cm³/mol. The summed E-state index contributed by atoms with van der Waals surface area (Å²) in [6.07, 6.45) is 5.64. The van der Waals surface area contributed by atoms with Crippen molar-refractivity contribution in [1.82, 2.24) is 0 Å². The van der Waals surface area contributed by atoms with Crippen molar-refractivity contribution in [3.63, 3.8) is 0 Å². The van der Waals surface area contributed by atoms with E-state index >= 15 is 0 Å². The summed E-state index contributed by atoms with van der Waals surface area (Å²) in [5.41, 5.74) is -1.24. The van der Waals surface area contributed by atoms with Crippen molar-refractivity contribution in [2.75, 3.05) is 11.9 Å². The van der Waals surface area contributed by atoms with Crippen LogP contribution >= 0.6 is 0 Å². The van der Waals surface area contributed by atoms with Crippen LogP contribution < -0.4 is 5.32 Å². The van der Waals surface area contributed by atoms with Gasteiger partial charge < -0.3 is 10.4 Å². The van der Waals surface area contributed by atoms with Crippen LogP contribution in [0.25, 0.3) is 0 Å². The lowest BCUT2D eigenvalue weighted by molar-refractivity contribution is -0.385. The van der Waals surface area contributed by atoms with E-state index in [1.807, 2.05) is 0 Å². The first-order valence-corrected chi connectivity index (χ1v) is 6.94. The molecule has 0 amide bonds. The fourth-order valence-corrected chi connectivity index (χ4v) is 2.67. The van der Waals surface area contributed by atoms with Crippen LogP contribution in [0.15, 0.2) is 12.1 Å². The van der Waals surface area contributed by atoms with Crippen molar-refractivity contribution in [2.45, 2.75) is 32.1 Å². The molecule has 1 fully saturated rings. The second-order valence-electron chi connectivity index (χ2n) is 5.30. The highest BCUT2D eigenvalue weighted by Gasteiger charge is 2.23. The standard InChI is InChI=1S/C14H17FN2O4/c15-11-7-13(17(20)21)10(14(18)19)6-12(11)16-8-9-4-2-1-3-5-9/h6-7,9,16H,1-5,8H2,(H,18,19). The summed E-state index contributed by atoms with van der Waals surface area (Å²) < 4.78 is 13.8. The molecule has 1 saturated carbocycles. The number of hydrogen-bond donors (Lipinski definition) is 2. The normalized spacial score (nSPS) is 15.7. The van der Waals surface area contributed by atoms with Gasteiger partial charge in [0, 0.05) is 6.54 Å². The molecule has 0 spiro atoms. The van der Waals surface area contributed by atoms with Gasteiger partial charge in [0.1, 0.15) is 5.56 Å². The van der Waals surface area contributed by atoms with E-state index in [-0.39, 0.29) is 5.69 Å². The Bertz CT molecular complexity index is 556. The summed E-state index contributed by atoms with van der Waals surface area (Å²) in [7, 11) is 0. The molecule has 114 valence electrons. The van der Waals surface area contributed by atoms with Gasteiger partial charge in [0.25, 0.3) is 5.69 Å². The Kier molecular flexibility index (Phi) is 4.72. The zero-order valence-electron chi connectivity index (χ0n) is 11.5. The molecule has 1 aromatic rings. The Labute approximate surface area is 121 Å². The van der Waals surface area contributed by atoms with E-state index in [1.54, 1.807) is 0 Å². The van der Waals surface area contributed by atoms with Crippen molar-refractivity contribution in [2.24, 2.45) is 5.92 Å². The monoisotopic (exact) mass is 296 g/mol. The molecule has 1 aromatic carbocycles. The van der Waals surface area contributed by atoms with Gasteiger partial charge in [-0.05, 0) is 24.8 Å². The van der Waals surface area contributed by atoms with Crippen molar-refractivity contribution in [3.05, 3.63) is 33.6 Å². The van der Waals surface area contributed by atoms with Gasteiger partial charge in [0.2, 0.25) is 0 Å². The third kappa shape index (κ3) is 3.68. The van der Waals surface area contributed by atoms with E-state index in [4.69, 9.17) is 5.11 Å². The second-order valence-corrected chi connectivity index (χ2v) is 5.30. The number of hydrogen-bond acceptors (Lipinski definition) is 4. The number of nitro benzene ring substituents is 1. The Morgan fingerprint density at radius 2 is 2.05 bits per heavy atom. The number of rotatable bonds is 5. The zero-order chi connectivity index (χ0) is 15.4. The second kappa shape index (κ2) is 6.51. The molecule has 0 heterocycles. The molecule has 2 N–H and O–H groups in total. The van der Waals surface area contributed by atoms with E-state index in [1.165, 1.54) is 6.42 Å². The van der Waals surface area contributed by atoms with Gasteiger partial charge in [0.05, 0.1) is 16.7 Å². The molecule has 0 aromatic heterocycles. The number of anilines is 1. The maximum Gasteiger partial charge on any atom is 0.342 e. The quantitative estimate of drug-likeness (QED) is 0.641. The molecule has 0 atom stereocenters. The summed E-state index contributed by atoms with van der Waals surface area (Å²) in [5, 5.41) is 22.6. The molecule has 1 aliphatic rings. The smallest absolute Gasteiger partial charge is 0.342 e. The summed E-state index contributed by atoms with van der Waals surface area (Å²) in [6, 6.07) is 1.66. The van der Waals surface area contributed by atoms with E-state index in [0.29, 0.717) is 18.5 Å². The fraction of sp³-hybridized carbons (Fsp3) is 0.500. The molecule has 2 rings (SSSR count). The van der Waals surface area contributed by atoms with Gasteiger partial charge in [-0.3, -0.25) is 10.1 Å². The lowest BCUT2D eigenvalue weighted by Crippen LogP contribution is -2.18. The van der Waals surface area contributed by atoms with Gasteiger partial charge in [-0.25, -0.2) is 9.18 Å². The minimum absolute atomic E-state index is 0.00331. The predicted octanol–water partition coefficient (Wildman–Crippen LogP) is 3.42. The number of carboxylic acid groups (broad SMARTS) is 1. The SMILES string of the molecule is O=C(O)c1cc(NCC2CCCCC2)c(F)cc1[N+](=O)[O-]. The summed E-state index contributed by atoms with van der Waals surface area (Å²) in [5.74, 6) is -1.81. The molecule has 21 heavy (non-hydrogen) atoms. The highest BCUT2D eigenvalue weighted by molar-refractivity contribution is 5.93. The number of aromatic carboxylic acids is 1. The topological polar surface area (TPSA) is 92.5 Å². The zero-order valence-corrected chi connectivity index (χ0v) is 11.5. The summed E-state index contributed by atoms with van der Waals surface area (Å²) in [4.78, 5) is 20.9. The number of nitrogens with one attached hydrogen (secondary N) is 1. The minimum atomic E-state index is -1.44. The molecule has 0 saturated heterocycles. The number of nitro groups is 1. The maximum atomic E-state index is 13.8. The molecule has 0 radical (unpaired) electrons. The average molecular weight is 296 g/mol. The van der Waals surface area contributed by atoms with Crippen LogP contribution in [0.2, 0.25) is 0 Å². The number of carbonyl (C=O) groups is 1. The van der Waals surface area contributed by atoms with E-state index in [9.17, 15) is 19.3 Å². The highest BCUT2D eigenvalue weighted by Crippen LogP contribution is 2.28.